The lowest BCUT2D eigenvalue weighted by molar-refractivity contribution is 0.461. The summed E-state index contributed by atoms with van der Waals surface area (Å²) < 4.78 is 27.6. The van der Waals surface area contributed by atoms with Gasteiger partial charge in [-0.25, -0.2) is 8.42 Å². The lowest BCUT2D eigenvalue weighted by atomic mass is 9.95. The van der Waals surface area contributed by atoms with Crippen LogP contribution < -0.4 is 0 Å². The molecule has 0 spiro atoms. The Balaban J connectivity index is 1.98. The van der Waals surface area contributed by atoms with Crippen molar-refractivity contribution in [2.24, 2.45) is 0 Å². The van der Waals surface area contributed by atoms with E-state index in [1.807, 2.05) is 68.5 Å². The summed E-state index contributed by atoms with van der Waals surface area (Å²) >= 11 is 0. The molecule has 0 fully saturated rings. The van der Waals surface area contributed by atoms with Gasteiger partial charge in [-0.1, -0.05) is 66.3 Å². The van der Waals surface area contributed by atoms with E-state index in [-0.39, 0.29) is 0 Å². The van der Waals surface area contributed by atoms with Gasteiger partial charge in [-0.3, -0.25) is 0 Å². The van der Waals surface area contributed by atoms with Crippen molar-refractivity contribution in [3.63, 3.8) is 0 Å². The third-order valence-corrected chi connectivity index (χ3v) is 6.28. The predicted molar refractivity (Wildman–Crippen MR) is 107 cm³/mol. The number of benzene rings is 2. The van der Waals surface area contributed by atoms with Gasteiger partial charge in [0.1, 0.15) is 0 Å². The molecule has 134 valence electrons. The Bertz CT molecular complexity index is 969. The van der Waals surface area contributed by atoms with Crippen LogP contribution in [0.2, 0.25) is 0 Å². The molecule has 1 aliphatic rings. The van der Waals surface area contributed by atoms with E-state index in [1.54, 1.807) is 12.1 Å². The Kier molecular flexibility index (Phi) is 5.25. The molecule has 26 heavy (non-hydrogen) atoms. The summed E-state index contributed by atoms with van der Waals surface area (Å²) in [6.45, 7) is 8.63. The predicted octanol–water partition coefficient (Wildman–Crippen LogP) is 4.59. The molecule has 0 bridgehead atoms. The molecule has 2 aromatic carbocycles. The average Bonchev–Trinajstić information content (AvgIpc) is 2.62. The highest BCUT2D eigenvalue weighted by Gasteiger charge is 2.28. The van der Waals surface area contributed by atoms with Crippen LogP contribution >= 0.6 is 0 Å². The SMILES string of the molecule is C=C(C)C1=CCN(S(=O)(=O)c2ccc(C)cc2)C/C1=C\c1ccccc1. The standard InChI is InChI=1S/C22H23NO2S/c1-17(2)22-13-14-23(16-20(22)15-19-7-5-4-6-8-19)26(24,25)21-11-9-18(3)10-12-21/h4-13,15H,1,14,16H2,2-3H3/b20-15+. The lowest BCUT2D eigenvalue weighted by Gasteiger charge is -2.28. The van der Waals surface area contributed by atoms with Crippen molar-refractivity contribution >= 4 is 16.1 Å². The number of hydrogen-bond acceptors (Lipinski definition) is 2. The Morgan fingerprint density at radius 2 is 1.73 bits per heavy atom. The van der Waals surface area contributed by atoms with E-state index in [4.69, 9.17) is 0 Å². The first kappa shape index (κ1) is 18.4. The molecule has 3 rings (SSSR count). The highest BCUT2D eigenvalue weighted by atomic mass is 32.2. The number of sulfonamides is 1. The molecule has 0 aromatic heterocycles. The second kappa shape index (κ2) is 7.44. The Labute approximate surface area is 156 Å². The second-order valence-corrected chi connectivity index (χ2v) is 8.53. The summed E-state index contributed by atoms with van der Waals surface area (Å²) in [5, 5.41) is 0. The van der Waals surface area contributed by atoms with E-state index in [0.29, 0.717) is 18.0 Å². The van der Waals surface area contributed by atoms with Crippen LogP contribution in [0.3, 0.4) is 0 Å². The van der Waals surface area contributed by atoms with E-state index >= 15 is 0 Å². The van der Waals surface area contributed by atoms with E-state index in [2.05, 4.69) is 6.58 Å². The minimum absolute atomic E-state index is 0.328. The molecule has 0 radical (unpaired) electrons. The summed E-state index contributed by atoms with van der Waals surface area (Å²) in [5.74, 6) is 0. The number of nitrogens with zero attached hydrogens (tertiary/aromatic N) is 1. The van der Waals surface area contributed by atoms with Crippen molar-refractivity contribution in [3.8, 4) is 0 Å². The molecule has 3 nitrogen and oxygen atoms in total. The molecule has 0 amide bonds. The fraction of sp³-hybridized carbons (Fsp3) is 0.182. The Morgan fingerprint density at radius 3 is 2.35 bits per heavy atom. The van der Waals surface area contributed by atoms with Crippen molar-refractivity contribution in [2.45, 2.75) is 18.7 Å². The summed E-state index contributed by atoms with van der Waals surface area (Å²) in [7, 11) is -3.53. The normalized spacial score (nSPS) is 17.2. The van der Waals surface area contributed by atoms with Gasteiger partial charge in [0.2, 0.25) is 10.0 Å². The molecule has 0 aliphatic carbocycles. The van der Waals surface area contributed by atoms with Crippen molar-refractivity contribution in [1.29, 1.82) is 0 Å². The maximum Gasteiger partial charge on any atom is 0.243 e. The topological polar surface area (TPSA) is 37.4 Å². The van der Waals surface area contributed by atoms with Gasteiger partial charge >= 0.3 is 0 Å². The summed E-state index contributed by atoms with van der Waals surface area (Å²) in [6, 6.07) is 16.9. The minimum Gasteiger partial charge on any atom is -0.207 e. The summed E-state index contributed by atoms with van der Waals surface area (Å²) in [6.07, 6.45) is 3.99. The quantitative estimate of drug-likeness (QED) is 0.795. The molecule has 1 heterocycles. The van der Waals surface area contributed by atoms with Crippen LogP contribution in [0.1, 0.15) is 18.1 Å². The maximum absolute atomic E-state index is 13.0. The van der Waals surface area contributed by atoms with Crippen molar-refractivity contribution in [1.82, 2.24) is 4.31 Å². The smallest absolute Gasteiger partial charge is 0.207 e. The second-order valence-electron chi connectivity index (χ2n) is 6.59. The zero-order valence-electron chi connectivity index (χ0n) is 15.1. The lowest BCUT2D eigenvalue weighted by Crippen LogP contribution is -2.36. The number of hydrogen-bond donors (Lipinski definition) is 0. The van der Waals surface area contributed by atoms with E-state index in [9.17, 15) is 8.42 Å². The van der Waals surface area contributed by atoms with Gasteiger partial charge in [-0.15, -0.1) is 0 Å². The maximum atomic E-state index is 13.0. The summed E-state index contributed by atoms with van der Waals surface area (Å²) in [4.78, 5) is 0.328. The van der Waals surface area contributed by atoms with Gasteiger partial charge in [0.15, 0.2) is 0 Å². The average molecular weight is 365 g/mol. The Morgan fingerprint density at radius 1 is 1.08 bits per heavy atom. The molecule has 0 N–H and O–H groups in total. The molecule has 1 aliphatic heterocycles. The van der Waals surface area contributed by atoms with E-state index in [0.717, 1.165) is 27.8 Å². The van der Waals surface area contributed by atoms with Crippen LogP contribution in [-0.2, 0) is 10.0 Å². The first-order valence-electron chi connectivity index (χ1n) is 8.57. The van der Waals surface area contributed by atoms with Gasteiger partial charge in [0.05, 0.1) is 4.90 Å². The van der Waals surface area contributed by atoms with Crippen LogP contribution in [0, 0.1) is 6.92 Å². The van der Waals surface area contributed by atoms with Crippen LogP contribution in [0.4, 0.5) is 0 Å². The van der Waals surface area contributed by atoms with Crippen LogP contribution in [0.5, 0.6) is 0 Å². The fourth-order valence-corrected chi connectivity index (χ4v) is 4.39. The van der Waals surface area contributed by atoms with Gasteiger partial charge in [-0.2, -0.15) is 4.31 Å². The molecule has 2 aromatic rings. The van der Waals surface area contributed by atoms with Gasteiger partial charge in [0.25, 0.3) is 0 Å². The fourth-order valence-electron chi connectivity index (χ4n) is 3.03. The third kappa shape index (κ3) is 3.87. The minimum atomic E-state index is -3.53. The summed E-state index contributed by atoms with van der Waals surface area (Å²) in [5.41, 5.74) is 5.02. The largest absolute Gasteiger partial charge is 0.243 e. The number of rotatable bonds is 4. The highest BCUT2D eigenvalue weighted by Crippen LogP contribution is 2.28. The molecular formula is C22H23NO2S. The van der Waals surface area contributed by atoms with Crippen molar-refractivity contribution < 1.29 is 8.42 Å². The van der Waals surface area contributed by atoms with Gasteiger partial charge < -0.3 is 0 Å². The molecule has 0 unspecified atom stereocenters. The van der Waals surface area contributed by atoms with Crippen LogP contribution in [0.25, 0.3) is 6.08 Å². The van der Waals surface area contributed by atoms with Crippen molar-refractivity contribution in [3.05, 3.63) is 95.1 Å². The number of aryl methyl sites for hydroxylation is 1. The Hall–Kier alpha value is -2.43. The number of allylic oxidation sites excluding steroid dienone is 1. The molecule has 0 saturated carbocycles. The third-order valence-electron chi connectivity index (χ3n) is 4.45. The molecule has 4 heteroatoms. The highest BCUT2D eigenvalue weighted by molar-refractivity contribution is 7.89. The van der Waals surface area contributed by atoms with Gasteiger partial charge in [-0.05, 0) is 48.8 Å². The first-order chi connectivity index (χ1) is 12.4. The zero-order chi connectivity index (χ0) is 18.7. The first-order valence-corrected chi connectivity index (χ1v) is 10.0. The molecule has 0 atom stereocenters. The van der Waals surface area contributed by atoms with E-state index < -0.39 is 10.0 Å². The zero-order valence-corrected chi connectivity index (χ0v) is 16.0. The van der Waals surface area contributed by atoms with Crippen LogP contribution in [-0.4, -0.2) is 25.8 Å². The van der Waals surface area contributed by atoms with Crippen LogP contribution in [0.15, 0.2) is 88.9 Å². The monoisotopic (exact) mass is 365 g/mol. The van der Waals surface area contributed by atoms with E-state index in [1.165, 1.54) is 4.31 Å². The molecular weight excluding hydrogens is 342 g/mol. The van der Waals surface area contributed by atoms with Crippen molar-refractivity contribution in [2.75, 3.05) is 13.1 Å². The molecule has 0 saturated heterocycles. The van der Waals surface area contributed by atoms with Gasteiger partial charge in [0, 0.05) is 13.1 Å².